The average Bonchev–Trinajstić information content (AvgIpc) is 2.35. The molecule has 0 bridgehead atoms. The van der Waals surface area contributed by atoms with Gasteiger partial charge in [0.1, 0.15) is 0 Å². The van der Waals surface area contributed by atoms with E-state index in [1.165, 1.54) is 31.4 Å². The fourth-order valence-corrected chi connectivity index (χ4v) is 1.94. The number of ether oxygens (including phenoxy) is 1. The summed E-state index contributed by atoms with van der Waals surface area (Å²) >= 11 is 0. The summed E-state index contributed by atoms with van der Waals surface area (Å²) in [5.74, 6) is -0.357. The highest BCUT2D eigenvalue weighted by molar-refractivity contribution is 5.94. The lowest BCUT2D eigenvalue weighted by molar-refractivity contribution is -0.139. The molecule has 1 amide bonds. The fraction of sp³-hybridized carbons (Fsp3) is 0.714. The Bertz CT molecular complexity index is 304. The van der Waals surface area contributed by atoms with Gasteiger partial charge in [0.15, 0.2) is 0 Å². The van der Waals surface area contributed by atoms with Crippen LogP contribution in [0.5, 0.6) is 0 Å². The molecule has 0 aliphatic heterocycles. The number of amides is 1. The molecule has 1 aliphatic rings. The molecule has 0 aromatic rings. The highest BCUT2D eigenvalue weighted by Crippen LogP contribution is 2.17. The Morgan fingerprint density at radius 2 is 1.89 bits per heavy atom. The van der Waals surface area contributed by atoms with Gasteiger partial charge in [-0.3, -0.25) is 4.79 Å². The molecule has 4 heteroatoms. The Hall–Kier alpha value is -1.32. The third-order valence-corrected chi connectivity index (χ3v) is 2.88. The summed E-state index contributed by atoms with van der Waals surface area (Å²) < 4.78 is 4.94. The van der Waals surface area contributed by atoms with Crippen LogP contribution in [0.15, 0.2) is 12.2 Å². The zero-order valence-corrected chi connectivity index (χ0v) is 11.3. The minimum Gasteiger partial charge on any atom is -0.462 e. The molecule has 1 aliphatic carbocycles. The third kappa shape index (κ3) is 6.42. The summed E-state index contributed by atoms with van der Waals surface area (Å²) in [5, 5.41) is 2.91. The van der Waals surface area contributed by atoms with Crippen LogP contribution in [0.2, 0.25) is 0 Å². The molecule has 1 fully saturated rings. The van der Waals surface area contributed by atoms with Crippen molar-refractivity contribution < 1.29 is 14.3 Å². The predicted molar refractivity (Wildman–Crippen MR) is 70.0 cm³/mol. The maximum Gasteiger partial charge on any atom is 0.330 e. The maximum atomic E-state index is 11.5. The molecule has 1 N–H and O–H groups in total. The first-order valence-corrected chi connectivity index (χ1v) is 6.73. The van der Waals surface area contributed by atoms with Crippen LogP contribution < -0.4 is 5.32 Å². The molecule has 0 radical (unpaired) electrons. The molecular weight excluding hydrogens is 230 g/mol. The zero-order valence-electron chi connectivity index (χ0n) is 11.3. The summed E-state index contributed by atoms with van der Waals surface area (Å²) in [6.07, 6.45) is 8.13. The van der Waals surface area contributed by atoms with Gasteiger partial charge < -0.3 is 10.1 Å². The highest BCUT2D eigenvalue weighted by Gasteiger charge is 2.14. The van der Waals surface area contributed by atoms with Crippen LogP contribution >= 0.6 is 0 Å². The van der Waals surface area contributed by atoms with Crippen LogP contribution in [-0.2, 0) is 14.3 Å². The largest absolute Gasteiger partial charge is 0.462 e. The van der Waals surface area contributed by atoms with Crippen LogP contribution in [0.25, 0.3) is 0 Å². The van der Waals surface area contributed by atoms with Crippen molar-refractivity contribution in [2.24, 2.45) is 5.92 Å². The van der Waals surface area contributed by atoms with E-state index in [2.05, 4.69) is 5.32 Å². The first-order valence-electron chi connectivity index (χ1n) is 6.73. The van der Waals surface area contributed by atoms with E-state index in [4.69, 9.17) is 4.74 Å². The monoisotopic (exact) mass is 253 g/mol. The number of carbonyl (C=O) groups excluding carboxylic acids is 2. The molecule has 0 unspecified atom stereocenters. The van der Waals surface area contributed by atoms with Crippen molar-refractivity contribution in [2.45, 2.75) is 52.0 Å². The van der Waals surface area contributed by atoms with Crippen molar-refractivity contribution in [1.29, 1.82) is 0 Å². The molecule has 0 aromatic carbocycles. The van der Waals surface area contributed by atoms with E-state index in [1.54, 1.807) is 0 Å². The minimum atomic E-state index is -0.456. The number of esters is 1. The van der Waals surface area contributed by atoms with Crippen LogP contribution in [0.3, 0.4) is 0 Å². The van der Waals surface area contributed by atoms with Gasteiger partial charge in [0.2, 0.25) is 5.91 Å². The van der Waals surface area contributed by atoms with Gasteiger partial charge in [-0.15, -0.1) is 0 Å². The number of hydrogen-bond acceptors (Lipinski definition) is 3. The molecule has 4 nitrogen and oxygen atoms in total. The van der Waals surface area contributed by atoms with Gasteiger partial charge >= 0.3 is 5.97 Å². The normalized spacial score (nSPS) is 17.1. The first-order chi connectivity index (χ1) is 8.58. The Morgan fingerprint density at radius 3 is 2.50 bits per heavy atom. The molecule has 18 heavy (non-hydrogen) atoms. The van der Waals surface area contributed by atoms with Crippen LogP contribution in [0.4, 0.5) is 0 Å². The highest BCUT2D eigenvalue weighted by atomic mass is 16.5. The molecule has 0 atom stereocenters. The maximum absolute atomic E-state index is 11.5. The van der Waals surface area contributed by atoms with Crippen molar-refractivity contribution in [2.75, 3.05) is 6.61 Å². The van der Waals surface area contributed by atoms with Gasteiger partial charge in [-0.05, 0) is 18.8 Å². The molecule has 0 heterocycles. The summed E-state index contributed by atoms with van der Waals surface area (Å²) in [4.78, 5) is 22.8. The second kappa shape index (κ2) is 7.90. The Morgan fingerprint density at radius 1 is 1.22 bits per heavy atom. The molecular formula is C14H23NO3. The Balaban J connectivity index is 2.23. The average molecular weight is 253 g/mol. The van der Waals surface area contributed by atoms with Gasteiger partial charge in [-0.2, -0.15) is 0 Å². The first kappa shape index (κ1) is 14.7. The Kier molecular flexibility index (Phi) is 6.47. The quantitative estimate of drug-likeness (QED) is 0.603. The summed E-state index contributed by atoms with van der Waals surface area (Å²) in [6, 6.07) is 0.266. The molecule has 0 aromatic heterocycles. The van der Waals surface area contributed by atoms with Gasteiger partial charge in [0.05, 0.1) is 6.61 Å². The van der Waals surface area contributed by atoms with E-state index in [9.17, 15) is 9.59 Å². The van der Waals surface area contributed by atoms with Crippen molar-refractivity contribution in [1.82, 2.24) is 5.32 Å². The lowest BCUT2D eigenvalue weighted by atomic mass is 9.95. The van der Waals surface area contributed by atoms with E-state index in [-0.39, 0.29) is 11.9 Å². The Labute approximate surface area is 109 Å². The van der Waals surface area contributed by atoms with Gasteiger partial charge in [0, 0.05) is 18.2 Å². The molecule has 1 rings (SSSR count). The van der Waals surface area contributed by atoms with Crippen molar-refractivity contribution in [3.05, 3.63) is 12.2 Å². The van der Waals surface area contributed by atoms with Crippen molar-refractivity contribution >= 4 is 11.9 Å². The third-order valence-electron chi connectivity index (χ3n) is 2.88. The summed E-state index contributed by atoms with van der Waals surface area (Å²) in [6.45, 7) is 4.31. The molecule has 0 saturated heterocycles. The van der Waals surface area contributed by atoms with E-state index in [0.717, 1.165) is 12.8 Å². The standard InChI is InChI=1S/C14H23NO3/c1-11(2)10-18-14(17)9-8-13(16)15-12-6-4-3-5-7-12/h8-9,11-12H,3-7,10H2,1-2H3,(H,15,16)/b9-8-. The van der Waals surface area contributed by atoms with Gasteiger partial charge in [0.25, 0.3) is 0 Å². The predicted octanol–water partition coefficient (Wildman–Crippen LogP) is 2.19. The topological polar surface area (TPSA) is 55.4 Å². The summed E-state index contributed by atoms with van der Waals surface area (Å²) in [5.41, 5.74) is 0. The second-order valence-corrected chi connectivity index (χ2v) is 5.20. The minimum absolute atomic E-state index is 0.205. The lowest BCUT2D eigenvalue weighted by Crippen LogP contribution is -2.35. The van der Waals surface area contributed by atoms with Crippen LogP contribution in [0.1, 0.15) is 46.0 Å². The van der Waals surface area contributed by atoms with Crippen LogP contribution in [0, 0.1) is 5.92 Å². The van der Waals surface area contributed by atoms with E-state index >= 15 is 0 Å². The van der Waals surface area contributed by atoms with Gasteiger partial charge in [-0.1, -0.05) is 33.1 Å². The number of hydrogen-bond donors (Lipinski definition) is 1. The number of nitrogens with one attached hydrogen (secondary N) is 1. The van der Waals surface area contributed by atoms with E-state index < -0.39 is 5.97 Å². The number of rotatable bonds is 5. The van der Waals surface area contributed by atoms with Crippen LogP contribution in [-0.4, -0.2) is 24.5 Å². The fourth-order valence-electron chi connectivity index (χ4n) is 1.94. The molecule has 102 valence electrons. The SMILES string of the molecule is CC(C)COC(=O)/C=C\C(=O)NC1CCCCC1. The molecule has 1 saturated carbocycles. The second-order valence-electron chi connectivity index (χ2n) is 5.20. The van der Waals surface area contributed by atoms with Crippen molar-refractivity contribution in [3.8, 4) is 0 Å². The zero-order chi connectivity index (χ0) is 13.4. The van der Waals surface area contributed by atoms with E-state index in [1.807, 2.05) is 13.8 Å². The van der Waals surface area contributed by atoms with Crippen molar-refractivity contribution in [3.63, 3.8) is 0 Å². The summed E-state index contributed by atoms with van der Waals surface area (Å²) in [7, 11) is 0. The smallest absolute Gasteiger partial charge is 0.330 e. The van der Waals surface area contributed by atoms with Gasteiger partial charge in [-0.25, -0.2) is 4.79 Å². The lowest BCUT2D eigenvalue weighted by Gasteiger charge is -2.21. The van der Waals surface area contributed by atoms with E-state index in [0.29, 0.717) is 12.5 Å². The number of carbonyl (C=O) groups is 2. The molecule has 0 spiro atoms.